The van der Waals surface area contributed by atoms with Crippen LogP contribution in [0.5, 0.6) is 5.75 Å². The molecule has 2 rings (SSSR count). The minimum atomic E-state index is -0.614. The molecule has 0 saturated heterocycles. The number of rotatable bonds is 2. The van der Waals surface area contributed by atoms with Gasteiger partial charge in [0.25, 0.3) is 0 Å². The molecule has 3 heteroatoms. The maximum absolute atomic E-state index is 13.5. The highest BCUT2D eigenvalue weighted by Crippen LogP contribution is 2.32. The molecule has 1 saturated carbocycles. The van der Waals surface area contributed by atoms with Crippen molar-refractivity contribution in [3.8, 4) is 11.8 Å². The third-order valence-electron chi connectivity index (χ3n) is 3.90. The summed E-state index contributed by atoms with van der Waals surface area (Å²) in [5.41, 5.74) is 0.541. The third-order valence-corrected chi connectivity index (χ3v) is 3.90. The Hall–Kier alpha value is -1.56. The number of hydrogen-bond acceptors (Lipinski definition) is 2. The molecule has 96 valence electrons. The molecular formula is C15H18FNO. The normalized spacial score (nSPS) is 23.6. The fourth-order valence-corrected chi connectivity index (χ4v) is 2.74. The van der Waals surface area contributed by atoms with E-state index in [9.17, 15) is 9.50 Å². The summed E-state index contributed by atoms with van der Waals surface area (Å²) in [4.78, 5) is 0. The van der Waals surface area contributed by atoms with E-state index in [-0.39, 0.29) is 11.3 Å². The molecular weight excluding hydrogens is 229 g/mol. The molecule has 0 aliphatic heterocycles. The maximum Gasteiger partial charge on any atom is 0.145 e. The Labute approximate surface area is 107 Å². The first kappa shape index (κ1) is 12.9. The fourth-order valence-electron chi connectivity index (χ4n) is 2.74. The molecule has 0 spiro atoms. The monoisotopic (exact) mass is 247 g/mol. The maximum atomic E-state index is 13.5. The van der Waals surface area contributed by atoms with Crippen LogP contribution in [-0.4, -0.2) is 5.11 Å². The first-order valence-corrected chi connectivity index (χ1v) is 6.51. The van der Waals surface area contributed by atoms with Crippen LogP contribution in [-0.2, 0) is 6.42 Å². The molecule has 0 amide bonds. The second kappa shape index (κ2) is 5.39. The summed E-state index contributed by atoms with van der Waals surface area (Å²) in [5.74, 6) is 0.522. The zero-order valence-electron chi connectivity index (χ0n) is 10.6. The summed E-state index contributed by atoms with van der Waals surface area (Å²) < 4.78 is 13.5. The van der Waals surface area contributed by atoms with E-state index in [0.29, 0.717) is 5.92 Å². The lowest BCUT2D eigenvalue weighted by Crippen LogP contribution is -2.14. The van der Waals surface area contributed by atoms with Gasteiger partial charge in [-0.1, -0.05) is 19.8 Å². The van der Waals surface area contributed by atoms with Gasteiger partial charge in [-0.05, 0) is 48.8 Å². The molecule has 0 unspecified atom stereocenters. The van der Waals surface area contributed by atoms with E-state index < -0.39 is 5.82 Å². The Morgan fingerprint density at radius 3 is 2.56 bits per heavy atom. The van der Waals surface area contributed by atoms with Gasteiger partial charge >= 0.3 is 0 Å². The van der Waals surface area contributed by atoms with Crippen molar-refractivity contribution >= 4 is 0 Å². The zero-order chi connectivity index (χ0) is 13.1. The van der Waals surface area contributed by atoms with Gasteiger partial charge in [-0.25, -0.2) is 4.39 Å². The van der Waals surface area contributed by atoms with Crippen molar-refractivity contribution in [3.05, 3.63) is 29.1 Å². The standard InChI is InChI=1S/C15H18FNO/c1-10-2-4-11(5-3-10)6-12-7-14(16)13(9-17)15(18)8-12/h7-8,10-11,18H,2-6H2,1H3. The van der Waals surface area contributed by atoms with E-state index in [1.165, 1.54) is 37.8 Å². The summed E-state index contributed by atoms with van der Waals surface area (Å²) in [6.45, 7) is 2.27. The van der Waals surface area contributed by atoms with Gasteiger partial charge in [0.2, 0.25) is 0 Å². The number of nitriles is 1. The molecule has 1 N–H and O–H groups in total. The molecule has 1 aliphatic rings. The number of nitrogens with zero attached hydrogens (tertiary/aromatic N) is 1. The van der Waals surface area contributed by atoms with E-state index in [1.54, 1.807) is 6.07 Å². The van der Waals surface area contributed by atoms with Gasteiger partial charge < -0.3 is 5.11 Å². The molecule has 1 fully saturated rings. The van der Waals surface area contributed by atoms with E-state index >= 15 is 0 Å². The summed E-state index contributed by atoms with van der Waals surface area (Å²) in [6, 6.07) is 4.59. The van der Waals surface area contributed by atoms with Crippen LogP contribution in [0.1, 0.15) is 43.7 Å². The van der Waals surface area contributed by atoms with Crippen LogP contribution in [0.15, 0.2) is 12.1 Å². The summed E-state index contributed by atoms with van der Waals surface area (Å²) in [7, 11) is 0. The molecule has 0 heterocycles. The molecule has 1 aliphatic carbocycles. The van der Waals surface area contributed by atoms with E-state index in [1.807, 2.05) is 0 Å². The second-order valence-corrected chi connectivity index (χ2v) is 5.41. The topological polar surface area (TPSA) is 44.0 Å². The minimum absolute atomic E-state index is 0.239. The number of phenolic OH excluding ortho intramolecular Hbond substituents is 1. The van der Waals surface area contributed by atoms with Gasteiger partial charge in [0.1, 0.15) is 23.2 Å². The molecule has 0 bridgehead atoms. The lowest BCUT2D eigenvalue weighted by Gasteiger charge is -2.26. The third kappa shape index (κ3) is 2.81. The van der Waals surface area contributed by atoms with E-state index in [2.05, 4.69) is 6.92 Å². The predicted molar refractivity (Wildman–Crippen MR) is 67.6 cm³/mol. The number of halogens is 1. The molecule has 0 radical (unpaired) electrons. The minimum Gasteiger partial charge on any atom is -0.506 e. The van der Waals surface area contributed by atoms with E-state index in [0.717, 1.165) is 17.9 Å². The largest absolute Gasteiger partial charge is 0.506 e. The summed E-state index contributed by atoms with van der Waals surface area (Å²) in [5, 5.41) is 18.3. The average Bonchev–Trinajstić information content (AvgIpc) is 2.32. The van der Waals surface area contributed by atoms with Gasteiger partial charge in [-0.3, -0.25) is 0 Å². The van der Waals surface area contributed by atoms with Crippen molar-refractivity contribution < 1.29 is 9.50 Å². The Bertz CT molecular complexity index is 447. The highest BCUT2D eigenvalue weighted by Gasteiger charge is 2.19. The fraction of sp³-hybridized carbons (Fsp3) is 0.533. The Morgan fingerprint density at radius 1 is 1.33 bits per heavy atom. The van der Waals surface area contributed by atoms with Gasteiger partial charge in [0, 0.05) is 0 Å². The first-order chi connectivity index (χ1) is 8.60. The molecule has 1 aromatic carbocycles. The van der Waals surface area contributed by atoms with Crippen LogP contribution in [0.4, 0.5) is 4.39 Å². The summed E-state index contributed by atoms with van der Waals surface area (Å²) in [6.07, 6.45) is 5.60. The molecule has 0 aromatic heterocycles. The van der Waals surface area contributed by atoms with Gasteiger partial charge in [-0.2, -0.15) is 5.26 Å². The highest BCUT2D eigenvalue weighted by molar-refractivity contribution is 5.45. The van der Waals surface area contributed by atoms with Crippen molar-refractivity contribution in [2.75, 3.05) is 0 Å². The predicted octanol–water partition coefficient (Wildman–Crippen LogP) is 3.77. The SMILES string of the molecule is CC1CCC(Cc2cc(O)c(C#N)c(F)c2)CC1. The number of phenols is 1. The molecule has 2 nitrogen and oxygen atoms in total. The molecule has 0 atom stereocenters. The van der Waals surface area contributed by atoms with Crippen LogP contribution in [0, 0.1) is 29.0 Å². The van der Waals surface area contributed by atoms with Crippen LogP contribution in [0.25, 0.3) is 0 Å². The van der Waals surface area contributed by atoms with Crippen LogP contribution < -0.4 is 0 Å². The average molecular weight is 247 g/mol. The van der Waals surface area contributed by atoms with Gasteiger partial charge in [0.05, 0.1) is 0 Å². The zero-order valence-corrected chi connectivity index (χ0v) is 10.6. The summed E-state index contributed by atoms with van der Waals surface area (Å²) >= 11 is 0. The van der Waals surface area contributed by atoms with Crippen LogP contribution in [0.3, 0.4) is 0 Å². The second-order valence-electron chi connectivity index (χ2n) is 5.41. The Balaban J connectivity index is 2.09. The lowest BCUT2D eigenvalue weighted by atomic mass is 9.80. The van der Waals surface area contributed by atoms with Crippen molar-refractivity contribution in [2.45, 2.75) is 39.0 Å². The van der Waals surface area contributed by atoms with Crippen molar-refractivity contribution in [3.63, 3.8) is 0 Å². The number of benzene rings is 1. The van der Waals surface area contributed by atoms with Crippen molar-refractivity contribution in [1.82, 2.24) is 0 Å². The van der Waals surface area contributed by atoms with Crippen molar-refractivity contribution in [2.24, 2.45) is 11.8 Å². The van der Waals surface area contributed by atoms with Crippen LogP contribution in [0.2, 0.25) is 0 Å². The van der Waals surface area contributed by atoms with E-state index in [4.69, 9.17) is 5.26 Å². The quantitative estimate of drug-likeness (QED) is 0.864. The molecule has 1 aromatic rings. The van der Waals surface area contributed by atoms with Gasteiger partial charge in [-0.15, -0.1) is 0 Å². The molecule has 18 heavy (non-hydrogen) atoms. The van der Waals surface area contributed by atoms with Crippen LogP contribution >= 0.6 is 0 Å². The first-order valence-electron chi connectivity index (χ1n) is 6.51. The lowest BCUT2D eigenvalue weighted by molar-refractivity contribution is 0.288. The Kier molecular flexibility index (Phi) is 3.86. The smallest absolute Gasteiger partial charge is 0.145 e. The van der Waals surface area contributed by atoms with Crippen molar-refractivity contribution in [1.29, 1.82) is 5.26 Å². The number of hydrogen-bond donors (Lipinski definition) is 1. The Morgan fingerprint density at radius 2 is 2.00 bits per heavy atom. The van der Waals surface area contributed by atoms with Gasteiger partial charge in [0.15, 0.2) is 0 Å². The highest BCUT2D eigenvalue weighted by atomic mass is 19.1. The number of aromatic hydroxyl groups is 1.